The van der Waals surface area contributed by atoms with Crippen molar-refractivity contribution in [2.45, 2.75) is 0 Å². The summed E-state index contributed by atoms with van der Waals surface area (Å²) in [5.74, 6) is 0.697. The van der Waals surface area contributed by atoms with Crippen molar-refractivity contribution < 1.29 is 0 Å². The highest BCUT2D eigenvalue weighted by molar-refractivity contribution is 6.06. The molecule has 0 aliphatic rings. The number of hydrogen-bond acceptors (Lipinski definition) is 3. The average Bonchev–Trinajstić information content (AvgIpc) is 3.59. The minimum atomic E-state index is 0.204. The second-order valence-electron chi connectivity index (χ2n) is 7.38. The highest BCUT2D eigenvalue weighted by atomic mass is 15.1. The first-order chi connectivity index (χ1) is 15.8. The molecule has 0 saturated heterocycles. The molecule has 6 N–H and O–H groups in total. The first-order valence-corrected chi connectivity index (χ1v) is 10.3. The van der Waals surface area contributed by atoms with Crippen LogP contribution >= 0.6 is 0 Å². The molecule has 0 fully saturated rings. The van der Waals surface area contributed by atoms with E-state index in [-0.39, 0.29) is 6.67 Å². The van der Waals surface area contributed by atoms with Crippen LogP contribution in [0.4, 0.5) is 5.69 Å². The number of aromatic amines is 3. The maximum Gasteiger partial charge on any atom is 0.126 e. The zero-order chi connectivity index (χ0) is 21.8. The van der Waals surface area contributed by atoms with E-state index in [0.29, 0.717) is 5.84 Å². The molecule has 0 spiro atoms. The second kappa shape index (κ2) is 8.79. The topological polar surface area (TPSA) is 111 Å². The van der Waals surface area contributed by atoms with Gasteiger partial charge in [0.2, 0.25) is 0 Å². The van der Waals surface area contributed by atoms with Crippen LogP contribution in [-0.4, -0.2) is 32.7 Å². The lowest BCUT2D eigenvalue weighted by Crippen LogP contribution is -2.11. The molecule has 7 heteroatoms. The van der Waals surface area contributed by atoms with Gasteiger partial charge >= 0.3 is 0 Å². The number of hydrogen-bond donors (Lipinski definition) is 5. The fourth-order valence-electron chi connectivity index (χ4n) is 3.61. The number of anilines is 1. The Morgan fingerprint density at radius 2 is 1.91 bits per heavy atom. The number of nitrogens with one attached hydrogen (secondary N) is 4. The largest absolute Gasteiger partial charge is 0.367 e. The Hall–Kier alpha value is -4.36. The predicted molar refractivity (Wildman–Crippen MR) is 131 cm³/mol. The minimum absolute atomic E-state index is 0.204. The molecule has 0 atom stereocenters. The van der Waals surface area contributed by atoms with Gasteiger partial charge in [-0.3, -0.25) is 10.1 Å². The SMILES string of the molecule is NC/N=C(\C=C/c1ccc2cc(-c3cc[nH]c3)[nH]c2c1)Nc1ccc(-c2cn[nH]c2)cc1. The van der Waals surface area contributed by atoms with Crippen LogP contribution in [-0.2, 0) is 0 Å². The lowest BCUT2D eigenvalue weighted by Gasteiger charge is -2.07. The van der Waals surface area contributed by atoms with Gasteiger partial charge in [-0.05, 0) is 47.5 Å². The molecular formula is C25H23N7. The number of rotatable bonds is 6. The van der Waals surface area contributed by atoms with E-state index in [2.05, 4.69) is 60.8 Å². The van der Waals surface area contributed by atoms with Crippen molar-refractivity contribution in [3.05, 3.63) is 91.0 Å². The third-order valence-corrected chi connectivity index (χ3v) is 5.24. The van der Waals surface area contributed by atoms with Gasteiger partial charge in [0.1, 0.15) is 5.84 Å². The minimum Gasteiger partial charge on any atom is -0.367 e. The van der Waals surface area contributed by atoms with Gasteiger partial charge in [0.25, 0.3) is 0 Å². The molecule has 0 bridgehead atoms. The molecule has 7 nitrogen and oxygen atoms in total. The highest BCUT2D eigenvalue weighted by Gasteiger charge is 2.04. The van der Waals surface area contributed by atoms with Crippen LogP contribution in [0.1, 0.15) is 5.56 Å². The molecule has 3 aromatic heterocycles. The van der Waals surface area contributed by atoms with Crippen LogP contribution in [0, 0.1) is 0 Å². The number of aliphatic imine (C=N–C) groups is 1. The standard InChI is InChI=1S/C25H23N7/c26-16-28-25(31-22-6-4-18(5-7-22)21-14-29-30-15-21)8-2-17-1-3-19-12-24(32-23(19)11-17)20-9-10-27-13-20/h1-15,27,32H,16,26H2,(H,28,31)(H,29,30)/b8-2-. The summed E-state index contributed by atoms with van der Waals surface area (Å²) in [7, 11) is 0. The number of nitrogens with two attached hydrogens (primary N) is 1. The Bertz CT molecular complexity index is 1360. The molecule has 0 aliphatic carbocycles. The average molecular weight is 422 g/mol. The summed E-state index contributed by atoms with van der Waals surface area (Å²) in [5, 5.41) is 11.3. The van der Waals surface area contributed by atoms with Crippen LogP contribution in [0.3, 0.4) is 0 Å². The van der Waals surface area contributed by atoms with Gasteiger partial charge in [-0.2, -0.15) is 5.10 Å². The van der Waals surface area contributed by atoms with Crippen molar-refractivity contribution in [1.29, 1.82) is 0 Å². The molecule has 158 valence electrons. The highest BCUT2D eigenvalue weighted by Crippen LogP contribution is 2.25. The predicted octanol–water partition coefficient (Wildman–Crippen LogP) is 4.99. The van der Waals surface area contributed by atoms with Crippen molar-refractivity contribution in [3.63, 3.8) is 0 Å². The summed E-state index contributed by atoms with van der Waals surface area (Å²) in [6.45, 7) is 0.204. The number of benzene rings is 2. The quantitative estimate of drug-likeness (QED) is 0.197. The smallest absolute Gasteiger partial charge is 0.126 e. The number of H-pyrrole nitrogens is 3. The van der Waals surface area contributed by atoms with Gasteiger partial charge in [-0.15, -0.1) is 0 Å². The summed E-state index contributed by atoms with van der Waals surface area (Å²) < 4.78 is 0. The third kappa shape index (κ3) is 4.23. The van der Waals surface area contributed by atoms with Gasteiger partial charge in [0, 0.05) is 52.0 Å². The van der Waals surface area contributed by atoms with E-state index in [1.54, 1.807) is 6.20 Å². The number of amidine groups is 1. The van der Waals surface area contributed by atoms with Crippen molar-refractivity contribution in [1.82, 2.24) is 20.2 Å². The molecule has 3 heterocycles. The summed E-state index contributed by atoms with van der Waals surface area (Å²) in [6, 6.07) is 18.6. The molecule has 0 saturated carbocycles. The molecule has 5 aromatic rings. The maximum absolute atomic E-state index is 5.68. The van der Waals surface area contributed by atoms with Gasteiger partial charge in [-0.1, -0.05) is 30.3 Å². The monoisotopic (exact) mass is 421 g/mol. The van der Waals surface area contributed by atoms with Crippen LogP contribution in [0.25, 0.3) is 39.4 Å². The van der Waals surface area contributed by atoms with E-state index in [1.807, 2.05) is 55.0 Å². The summed E-state index contributed by atoms with van der Waals surface area (Å²) >= 11 is 0. The number of nitrogens with zero attached hydrogens (tertiary/aromatic N) is 2. The Morgan fingerprint density at radius 3 is 2.66 bits per heavy atom. The van der Waals surface area contributed by atoms with Gasteiger partial charge in [0.15, 0.2) is 0 Å². The van der Waals surface area contributed by atoms with E-state index in [0.717, 1.165) is 39.2 Å². The van der Waals surface area contributed by atoms with E-state index in [1.165, 1.54) is 5.39 Å². The van der Waals surface area contributed by atoms with Crippen molar-refractivity contribution in [3.8, 4) is 22.4 Å². The van der Waals surface area contributed by atoms with Crippen LogP contribution in [0.15, 0.2) is 90.5 Å². The molecule has 0 unspecified atom stereocenters. The zero-order valence-corrected chi connectivity index (χ0v) is 17.3. The Morgan fingerprint density at radius 1 is 1.00 bits per heavy atom. The molecule has 0 radical (unpaired) electrons. The number of fused-ring (bicyclic) bond motifs is 1. The van der Waals surface area contributed by atoms with E-state index < -0.39 is 0 Å². The van der Waals surface area contributed by atoms with Gasteiger partial charge in [0.05, 0.1) is 12.9 Å². The molecule has 5 rings (SSSR count). The lowest BCUT2D eigenvalue weighted by atomic mass is 10.1. The summed E-state index contributed by atoms with van der Waals surface area (Å²) in [4.78, 5) is 11.0. The summed E-state index contributed by atoms with van der Waals surface area (Å²) in [6.07, 6.45) is 11.5. The Balaban J connectivity index is 1.33. The molecule has 0 amide bonds. The normalized spacial score (nSPS) is 12.1. The first kappa shape index (κ1) is 19.6. The molecule has 2 aromatic carbocycles. The molecule has 0 aliphatic heterocycles. The van der Waals surface area contributed by atoms with Crippen molar-refractivity contribution >= 4 is 28.5 Å². The van der Waals surface area contributed by atoms with Crippen LogP contribution in [0.2, 0.25) is 0 Å². The fraction of sp³-hybridized carbons (Fsp3) is 0.0400. The van der Waals surface area contributed by atoms with Crippen LogP contribution < -0.4 is 11.1 Å². The van der Waals surface area contributed by atoms with Crippen LogP contribution in [0.5, 0.6) is 0 Å². The van der Waals surface area contributed by atoms with Crippen molar-refractivity contribution in [2.24, 2.45) is 10.7 Å². The van der Waals surface area contributed by atoms with E-state index in [4.69, 9.17) is 5.73 Å². The van der Waals surface area contributed by atoms with Crippen molar-refractivity contribution in [2.75, 3.05) is 12.0 Å². The first-order valence-electron chi connectivity index (χ1n) is 10.3. The van der Waals surface area contributed by atoms with E-state index in [9.17, 15) is 0 Å². The second-order valence-corrected chi connectivity index (χ2v) is 7.38. The Kier molecular flexibility index (Phi) is 5.38. The number of aromatic nitrogens is 4. The third-order valence-electron chi connectivity index (χ3n) is 5.24. The molecule has 32 heavy (non-hydrogen) atoms. The Labute approximate surface area is 185 Å². The maximum atomic E-state index is 5.68. The zero-order valence-electron chi connectivity index (χ0n) is 17.3. The summed E-state index contributed by atoms with van der Waals surface area (Å²) in [5.41, 5.74) is 13.1. The fourth-order valence-corrected chi connectivity index (χ4v) is 3.61. The molecular weight excluding hydrogens is 398 g/mol. The van der Waals surface area contributed by atoms with Gasteiger partial charge in [-0.25, -0.2) is 0 Å². The van der Waals surface area contributed by atoms with Gasteiger partial charge < -0.3 is 21.0 Å². The lowest BCUT2D eigenvalue weighted by molar-refractivity contribution is 1.07. The van der Waals surface area contributed by atoms with E-state index >= 15 is 0 Å².